The van der Waals surface area contributed by atoms with E-state index in [4.69, 9.17) is 0 Å². The van der Waals surface area contributed by atoms with Crippen molar-refractivity contribution in [2.75, 3.05) is 24.5 Å². The van der Waals surface area contributed by atoms with Gasteiger partial charge in [-0.1, -0.05) is 25.3 Å². The van der Waals surface area contributed by atoms with Crippen molar-refractivity contribution in [3.8, 4) is 0 Å². The summed E-state index contributed by atoms with van der Waals surface area (Å²) in [6.07, 6.45) is 8.37. The minimum absolute atomic E-state index is 0.667. The summed E-state index contributed by atoms with van der Waals surface area (Å²) in [5.74, 6) is 0.878. The maximum atomic E-state index is 3.83. The van der Waals surface area contributed by atoms with E-state index in [0.29, 0.717) is 6.04 Å². The fourth-order valence-corrected chi connectivity index (χ4v) is 4.38. The number of hydrogen-bond donors (Lipinski definition) is 1. The van der Waals surface area contributed by atoms with Gasteiger partial charge in [0.25, 0.3) is 0 Å². The maximum Gasteiger partial charge on any atom is 0.0513 e. The molecular formula is C18H27BrN2. The molecule has 1 atom stereocenters. The van der Waals surface area contributed by atoms with Gasteiger partial charge in [0.15, 0.2) is 0 Å². The lowest BCUT2D eigenvalue weighted by molar-refractivity contribution is 0.277. The zero-order valence-electron chi connectivity index (χ0n) is 13.1. The first kappa shape index (κ1) is 15.4. The van der Waals surface area contributed by atoms with Crippen molar-refractivity contribution in [3.63, 3.8) is 0 Å². The van der Waals surface area contributed by atoms with Crippen LogP contribution in [0.2, 0.25) is 0 Å². The van der Waals surface area contributed by atoms with Crippen molar-refractivity contribution in [3.05, 3.63) is 28.2 Å². The van der Waals surface area contributed by atoms with Crippen LogP contribution >= 0.6 is 15.9 Å². The van der Waals surface area contributed by atoms with Crippen LogP contribution in [0.5, 0.6) is 0 Å². The SMILES string of the molecule is Cc1ccc(Br)c(N2CCCNC(C3CCCCC3)C2)c1. The van der Waals surface area contributed by atoms with Crippen LogP contribution in [-0.2, 0) is 0 Å². The molecule has 0 amide bonds. The normalized spacial score (nSPS) is 24.9. The first-order valence-electron chi connectivity index (χ1n) is 8.48. The highest BCUT2D eigenvalue weighted by Crippen LogP contribution is 2.31. The predicted molar refractivity (Wildman–Crippen MR) is 94.1 cm³/mol. The van der Waals surface area contributed by atoms with Gasteiger partial charge in [-0.3, -0.25) is 0 Å². The topological polar surface area (TPSA) is 15.3 Å². The van der Waals surface area contributed by atoms with Gasteiger partial charge < -0.3 is 10.2 Å². The molecule has 3 rings (SSSR count). The summed E-state index contributed by atoms with van der Waals surface area (Å²) in [7, 11) is 0. The fourth-order valence-electron chi connectivity index (χ4n) is 3.89. The molecule has 2 nitrogen and oxygen atoms in total. The third-order valence-corrected chi connectivity index (χ3v) is 5.76. The van der Waals surface area contributed by atoms with E-state index in [0.717, 1.165) is 19.0 Å². The summed E-state index contributed by atoms with van der Waals surface area (Å²) in [5.41, 5.74) is 2.72. The highest BCUT2D eigenvalue weighted by molar-refractivity contribution is 9.10. The molecule has 1 N–H and O–H groups in total. The van der Waals surface area contributed by atoms with Crippen LogP contribution in [0.25, 0.3) is 0 Å². The number of nitrogens with zero attached hydrogens (tertiary/aromatic N) is 1. The highest BCUT2D eigenvalue weighted by Gasteiger charge is 2.27. The molecule has 21 heavy (non-hydrogen) atoms. The minimum atomic E-state index is 0.667. The Kier molecular flexibility index (Phi) is 5.23. The quantitative estimate of drug-likeness (QED) is 0.844. The van der Waals surface area contributed by atoms with E-state index in [9.17, 15) is 0 Å². The summed E-state index contributed by atoms with van der Waals surface area (Å²) < 4.78 is 1.23. The molecule has 1 aromatic rings. The number of anilines is 1. The van der Waals surface area contributed by atoms with Crippen molar-refractivity contribution < 1.29 is 0 Å². The van der Waals surface area contributed by atoms with Crippen LogP contribution in [0, 0.1) is 12.8 Å². The monoisotopic (exact) mass is 350 g/mol. The summed E-state index contributed by atoms with van der Waals surface area (Å²) in [6, 6.07) is 7.37. The first-order valence-corrected chi connectivity index (χ1v) is 9.28. The van der Waals surface area contributed by atoms with Crippen LogP contribution in [0.3, 0.4) is 0 Å². The molecule has 1 aromatic carbocycles. The summed E-state index contributed by atoms with van der Waals surface area (Å²) in [5, 5.41) is 3.83. The van der Waals surface area contributed by atoms with E-state index in [1.807, 2.05) is 0 Å². The Labute approximate surface area is 137 Å². The van der Waals surface area contributed by atoms with Gasteiger partial charge in [-0.15, -0.1) is 0 Å². The molecule has 1 aliphatic heterocycles. The second-order valence-electron chi connectivity index (χ2n) is 6.71. The average molecular weight is 351 g/mol. The smallest absolute Gasteiger partial charge is 0.0513 e. The molecule has 0 aromatic heterocycles. The minimum Gasteiger partial charge on any atom is -0.369 e. The summed E-state index contributed by atoms with van der Waals surface area (Å²) in [4.78, 5) is 2.59. The van der Waals surface area contributed by atoms with Crippen LogP contribution < -0.4 is 10.2 Å². The van der Waals surface area contributed by atoms with Crippen molar-refractivity contribution in [1.82, 2.24) is 5.32 Å². The Morgan fingerprint density at radius 2 is 1.95 bits per heavy atom. The number of hydrogen-bond acceptors (Lipinski definition) is 2. The van der Waals surface area contributed by atoms with E-state index in [2.05, 4.69) is 51.3 Å². The van der Waals surface area contributed by atoms with Gasteiger partial charge in [0.2, 0.25) is 0 Å². The van der Waals surface area contributed by atoms with Gasteiger partial charge in [0.1, 0.15) is 0 Å². The third-order valence-electron chi connectivity index (χ3n) is 5.09. The van der Waals surface area contributed by atoms with Gasteiger partial charge in [-0.25, -0.2) is 0 Å². The number of aryl methyl sites for hydroxylation is 1. The van der Waals surface area contributed by atoms with Gasteiger partial charge in [-0.2, -0.15) is 0 Å². The molecule has 3 heteroatoms. The Morgan fingerprint density at radius 1 is 1.14 bits per heavy atom. The first-order chi connectivity index (χ1) is 10.2. The molecule has 1 heterocycles. The zero-order chi connectivity index (χ0) is 14.7. The van der Waals surface area contributed by atoms with Crippen LogP contribution in [-0.4, -0.2) is 25.7 Å². The van der Waals surface area contributed by atoms with E-state index >= 15 is 0 Å². The standard InChI is InChI=1S/C18H27BrN2/c1-14-8-9-16(19)18(12-14)21-11-5-10-20-17(13-21)15-6-3-2-4-7-15/h8-9,12,15,17,20H,2-7,10-11,13H2,1H3. The summed E-state index contributed by atoms with van der Waals surface area (Å²) >= 11 is 3.75. The molecule has 0 radical (unpaired) electrons. The second-order valence-corrected chi connectivity index (χ2v) is 7.57. The van der Waals surface area contributed by atoms with Gasteiger partial charge >= 0.3 is 0 Å². The van der Waals surface area contributed by atoms with Crippen molar-refractivity contribution >= 4 is 21.6 Å². The largest absolute Gasteiger partial charge is 0.369 e. The molecule has 2 fully saturated rings. The zero-order valence-corrected chi connectivity index (χ0v) is 14.7. The molecule has 1 saturated carbocycles. The van der Waals surface area contributed by atoms with Crippen LogP contribution in [0.1, 0.15) is 44.1 Å². The number of halogens is 1. The van der Waals surface area contributed by atoms with Gasteiger partial charge in [0, 0.05) is 23.6 Å². The Hall–Kier alpha value is -0.540. The maximum absolute atomic E-state index is 3.83. The molecule has 0 bridgehead atoms. The van der Waals surface area contributed by atoms with Gasteiger partial charge in [0.05, 0.1) is 5.69 Å². The molecule has 2 aliphatic rings. The predicted octanol–water partition coefficient (Wildman–Crippen LogP) is 4.51. The van der Waals surface area contributed by atoms with Crippen LogP contribution in [0.4, 0.5) is 5.69 Å². The lowest BCUT2D eigenvalue weighted by Crippen LogP contribution is -2.43. The van der Waals surface area contributed by atoms with E-state index in [-0.39, 0.29) is 0 Å². The van der Waals surface area contributed by atoms with Crippen LogP contribution in [0.15, 0.2) is 22.7 Å². The number of nitrogens with one attached hydrogen (secondary N) is 1. The molecule has 1 saturated heterocycles. The fraction of sp³-hybridized carbons (Fsp3) is 0.667. The Bertz CT molecular complexity index is 468. The van der Waals surface area contributed by atoms with Crippen molar-refractivity contribution in [2.45, 2.75) is 51.5 Å². The molecule has 1 unspecified atom stereocenters. The molecule has 116 valence electrons. The average Bonchev–Trinajstić information content (AvgIpc) is 2.76. The van der Waals surface area contributed by atoms with E-state index < -0.39 is 0 Å². The lowest BCUT2D eigenvalue weighted by atomic mass is 9.83. The highest BCUT2D eigenvalue weighted by atomic mass is 79.9. The van der Waals surface area contributed by atoms with Crippen molar-refractivity contribution in [1.29, 1.82) is 0 Å². The molecule has 0 spiro atoms. The number of rotatable bonds is 2. The van der Waals surface area contributed by atoms with Gasteiger partial charge in [-0.05, 0) is 72.3 Å². The number of benzene rings is 1. The Morgan fingerprint density at radius 3 is 2.76 bits per heavy atom. The van der Waals surface area contributed by atoms with E-state index in [1.165, 1.54) is 60.8 Å². The lowest BCUT2D eigenvalue weighted by Gasteiger charge is -2.34. The van der Waals surface area contributed by atoms with E-state index in [1.54, 1.807) is 0 Å². The van der Waals surface area contributed by atoms with Crippen molar-refractivity contribution in [2.24, 2.45) is 5.92 Å². The third kappa shape index (κ3) is 3.81. The molecular weight excluding hydrogens is 324 g/mol. The Balaban J connectivity index is 1.76. The molecule has 1 aliphatic carbocycles. The second kappa shape index (κ2) is 7.15. The summed E-state index contributed by atoms with van der Waals surface area (Å²) in [6.45, 7) is 5.68.